The van der Waals surface area contributed by atoms with Crippen LogP contribution in [-0.2, 0) is 4.74 Å². The summed E-state index contributed by atoms with van der Waals surface area (Å²) in [5.74, 6) is -0.229. The Morgan fingerprint density at radius 2 is 1.97 bits per heavy atom. The standard InChI is InChI=1S/C29H34N6O2/c1-3-20-5-8-24(9-6-22(20)17-30-4-2)32-29(36)28-26-16-21(7-10-27(26)33-34-28)23-15-25(19-31-18-23)35-11-13-37-14-12-35/h6-10,15-16,18-19,30H,3-5,11-14,17H2,1-2H3,(H,32,36)(H,33,34). The first-order chi connectivity index (χ1) is 18.2. The molecule has 2 aromatic heterocycles. The number of carbonyl (C=O) groups is 1. The molecule has 5 rings (SSSR count). The lowest BCUT2D eigenvalue weighted by Gasteiger charge is -2.28. The van der Waals surface area contributed by atoms with Crippen LogP contribution in [0.15, 0.2) is 71.7 Å². The fourth-order valence-electron chi connectivity index (χ4n) is 4.79. The number of amides is 1. The van der Waals surface area contributed by atoms with Gasteiger partial charge in [-0.15, -0.1) is 0 Å². The van der Waals surface area contributed by atoms with Gasteiger partial charge in [0.05, 0.1) is 30.6 Å². The van der Waals surface area contributed by atoms with Crippen LogP contribution >= 0.6 is 0 Å². The summed E-state index contributed by atoms with van der Waals surface area (Å²) in [6.07, 6.45) is 11.7. The number of anilines is 1. The lowest BCUT2D eigenvalue weighted by Crippen LogP contribution is -2.36. The summed E-state index contributed by atoms with van der Waals surface area (Å²) in [5.41, 5.74) is 7.72. The van der Waals surface area contributed by atoms with Crippen LogP contribution in [0.3, 0.4) is 0 Å². The second-order valence-electron chi connectivity index (χ2n) is 9.28. The molecule has 3 N–H and O–H groups in total. The van der Waals surface area contributed by atoms with Crippen LogP contribution in [0.2, 0.25) is 0 Å². The van der Waals surface area contributed by atoms with Gasteiger partial charge in [-0.3, -0.25) is 14.9 Å². The summed E-state index contributed by atoms with van der Waals surface area (Å²) in [5, 5.41) is 14.6. The van der Waals surface area contributed by atoms with E-state index in [0.29, 0.717) is 5.69 Å². The number of hydrogen-bond donors (Lipinski definition) is 3. The number of morpholine rings is 1. The average Bonchev–Trinajstić information content (AvgIpc) is 3.28. The zero-order chi connectivity index (χ0) is 25.6. The zero-order valence-corrected chi connectivity index (χ0v) is 21.5. The molecule has 0 bridgehead atoms. The van der Waals surface area contributed by atoms with Crippen molar-refractivity contribution in [2.45, 2.75) is 26.7 Å². The fraction of sp³-hybridized carbons (Fsp3) is 0.345. The molecule has 2 aliphatic rings. The smallest absolute Gasteiger partial charge is 0.276 e. The third-order valence-electron chi connectivity index (χ3n) is 6.95. The first-order valence-corrected chi connectivity index (χ1v) is 13.0. The Morgan fingerprint density at radius 3 is 2.78 bits per heavy atom. The van der Waals surface area contributed by atoms with Crippen LogP contribution in [0.25, 0.3) is 22.0 Å². The highest BCUT2D eigenvalue weighted by atomic mass is 16.5. The number of H-pyrrole nitrogens is 1. The molecular formula is C29H34N6O2. The highest BCUT2D eigenvalue weighted by Crippen LogP contribution is 2.28. The van der Waals surface area contributed by atoms with E-state index in [0.717, 1.165) is 85.6 Å². The number of carbonyl (C=O) groups excluding carboxylic acids is 1. The molecule has 0 saturated carbocycles. The van der Waals surface area contributed by atoms with Crippen molar-refractivity contribution in [3.05, 3.63) is 77.4 Å². The second kappa shape index (κ2) is 11.5. The molecule has 0 radical (unpaired) electrons. The maximum atomic E-state index is 13.3. The first kappa shape index (κ1) is 24.9. The first-order valence-electron chi connectivity index (χ1n) is 13.0. The van der Waals surface area contributed by atoms with Crippen LogP contribution in [-0.4, -0.2) is 60.5 Å². The zero-order valence-electron chi connectivity index (χ0n) is 21.5. The summed E-state index contributed by atoms with van der Waals surface area (Å²) in [7, 11) is 0. The van der Waals surface area contributed by atoms with E-state index in [9.17, 15) is 4.79 Å². The molecule has 1 fully saturated rings. The number of nitrogens with zero attached hydrogens (tertiary/aromatic N) is 3. The Labute approximate surface area is 217 Å². The fourth-order valence-corrected chi connectivity index (χ4v) is 4.79. The molecule has 8 nitrogen and oxygen atoms in total. The molecule has 1 saturated heterocycles. The minimum atomic E-state index is -0.229. The lowest BCUT2D eigenvalue weighted by atomic mass is 10.0. The van der Waals surface area contributed by atoms with E-state index in [1.807, 2.05) is 36.7 Å². The van der Waals surface area contributed by atoms with Crippen LogP contribution in [0.5, 0.6) is 0 Å². The van der Waals surface area contributed by atoms with Gasteiger partial charge < -0.3 is 20.3 Å². The quantitative estimate of drug-likeness (QED) is 0.427. The van der Waals surface area contributed by atoms with Crippen molar-refractivity contribution in [2.75, 3.05) is 44.3 Å². The van der Waals surface area contributed by atoms with E-state index in [1.54, 1.807) is 0 Å². The van der Waals surface area contributed by atoms with Crippen LogP contribution in [0.1, 0.15) is 37.2 Å². The molecule has 37 heavy (non-hydrogen) atoms. The van der Waals surface area contributed by atoms with Crippen molar-refractivity contribution in [2.24, 2.45) is 0 Å². The summed E-state index contributed by atoms with van der Waals surface area (Å²) in [6, 6.07) is 8.15. The van der Waals surface area contributed by atoms with Gasteiger partial charge in [-0.2, -0.15) is 5.10 Å². The molecule has 1 aliphatic heterocycles. The normalized spacial score (nSPS) is 16.2. The molecule has 3 heterocycles. The number of hydrogen-bond acceptors (Lipinski definition) is 6. The van der Waals surface area contributed by atoms with Gasteiger partial charge in [0.15, 0.2) is 5.69 Å². The van der Waals surface area contributed by atoms with Crippen LogP contribution in [0.4, 0.5) is 5.69 Å². The predicted molar refractivity (Wildman–Crippen MR) is 148 cm³/mol. The molecule has 1 aromatic carbocycles. The summed E-state index contributed by atoms with van der Waals surface area (Å²) in [6.45, 7) is 9.19. The summed E-state index contributed by atoms with van der Waals surface area (Å²) < 4.78 is 5.48. The van der Waals surface area contributed by atoms with E-state index >= 15 is 0 Å². The van der Waals surface area contributed by atoms with Gasteiger partial charge >= 0.3 is 0 Å². The largest absolute Gasteiger partial charge is 0.378 e. The van der Waals surface area contributed by atoms with Crippen molar-refractivity contribution in [1.82, 2.24) is 25.8 Å². The Bertz CT molecular complexity index is 1360. The van der Waals surface area contributed by atoms with E-state index in [4.69, 9.17) is 4.74 Å². The molecule has 192 valence electrons. The van der Waals surface area contributed by atoms with Crippen LogP contribution < -0.4 is 15.5 Å². The Kier molecular flexibility index (Phi) is 7.77. The number of aromatic nitrogens is 3. The second-order valence-corrected chi connectivity index (χ2v) is 9.28. The highest BCUT2D eigenvalue weighted by molar-refractivity contribution is 6.06. The van der Waals surface area contributed by atoms with Crippen molar-refractivity contribution in [3.63, 3.8) is 0 Å². The van der Waals surface area contributed by atoms with Gasteiger partial charge in [-0.25, -0.2) is 0 Å². The highest BCUT2D eigenvalue weighted by Gasteiger charge is 2.17. The third-order valence-corrected chi connectivity index (χ3v) is 6.95. The molecule has 1 amide bonds. The Hall–Kier alpha value is -3.75. The van der Waals surface area contributed by atoms with E-state index in [2.05, 4.69) is 62.8 Å². The number of likely N-dealkylation sites (N-methyl/N-ethyl adjacent to an activating group) is 1. The predicted octanol–water partition coefficient (Wildman–Crippen LogP) is 4.35. The summed E-state index contributed by atoms with van der Waals surface area (Å²) in [4.78, 5) is 20.0. The van der Waals surface area contributed by atoms with E-state index in [-0.39, 0.29) is 5.91 Å². The van der Waals surface area contributed by atoms with Gasteiger partial charge in [-0.1, -0.05) is 37.6 Å². The molecule has 8 heteroatoms. The molecular weight excluding hydrogens is 464 g/mol. The Balaban J connectivity index is 1.36. The van der Waals surface area contributed by atoms with Crippen molar-refractivity contribution in [3.8, 4) is 11.1 Å². The number of benzene rings is 1. The van der Waals surface area contributed by atoms with Crippen molar-refractivity contribution < 1.29 is 9.53 Å². The number of pyridine rings is 1. The molecule has 0 spiro atoms. The van der Waals surface area contributed by atoms with Crippen molar-refractivity contribution in [1.29, 1.82) is 0 Å². The van der Waals surface area contributed by atoms with E-state index < -0.39 is 0 Å². The van der Waals surface area contributed by atoms with Crippen LogP contribution in [0, 0.1) is 0 Å². The SMILES string of the molecule is CCNCC1=C(CC)CC=C(NC(=O)c2n[nH]c3ccc(-c4cncc(N5CCOCC5)c4)cc23)C=C1. The lowest BCUT2D eigenvalue weighted by molar-refractivity contribution is 0.0963. The Morgan fingerprint density at radius 1 is 1.11 bits per heavy atom. The number of rotatable bonds is 8. The maximum Gasteiger partial charge on any atom is 0.276 e. The average molecular weight is 499 g/mol. The molecule has 0 atom stereocenters. The molecule has 3 aromatic rings. The van der Waals surface area contributed by atoms with Gasteiger partial charge in [0, 0.05) is 42.5 Å². The van der Waals surface area contributed by atoms with Gasteiger partial charge in [0.25, 0.3) is 5.91 Å². The number of aromatic amines is 1. The molecule has 1 aliphatic carbocycles. The number of allylic oxidation sites excluding steroid dienone is 3. The van der Waals surface area contributed by atoms with Gasteiger partial charge in [-0.05, 0) is 54.8 Å². The third kappa shape index (κ3) is 5.65. The number of ether oxygens (including phenoxy) is 1. The van der Waals surface area contributed by atoms with Gasteiger partial charge in [0.1, 0.15) is 0 Å². The van der Waals surface area contributed by atoms with Gasteiger partial charge in [0.2, 0.25) is 0 Å². The number of nitrogens with one attached hydrogen (secondary N) is 3. The maximum absolute atomic E-state index is 13.3. The minimum Gasteiger partial charge on any atom is -0.378 e. The molecule has 0 unspecified atom stereocenters. The monoisotopic (exact) mass is 498 g/mol. The topological polar surface area (TPSA) is 95.2 Å². The number of fused-ring (bicyclic) bond motifs is 1. The van der Waals surface area contributed by atoms with E-state index in [1.165, 1.54) is 11.1 Å². The summed E-state index contributed by atoms with van der Waals surface area (Å²) >= 11 is 0. The van der Waals surface area contributed by atoms with Crippen molar-refractivity contribution >= 4 is 22.5 Å². The minimum absolute atomic E-state index is 0.229.